The molecule has 1 heterocycles. The van der Waals surface area contributed by atoms with Crippen LogP contribution in [0.3, 0.4) is 0 Å². The lowest BCUT2D eigenvalue weighted by atomic mass is 9.33. The molecule has 1 amide bonds. The van der Waals surface area contributed by atoms with E-state index in [1.807, 2.05) is 38.1 Å². The van der Waals surface area contributed by atoms with Gasteiger partial charge in [-0.25, -0.2) is 0 Å². The van der Waals surface area contributed by atoms with Crippen LogP contribution >= 0.6 is 0 Å². The fourth-order valence-electron chi connectivity index (χ4n) is 15.5. The Balaban J connectivity index is 0.949. The minimum Gasteiger partial charge on any atom is -0.492 e. The molecule has 10 heteroatoms. The van der Waals surface area contributed by atoms with Crippen molar-refractivity contribution >= 4 is 23.6 Å². The number of Topliss-reactive ketones (excluding diaryl/α,β-unsaturated/α-hetero) is 1. The molecule has 6 aliphatic carbocycles. The highest BCUT2D eigenvalue weighted by atomic mass is 16.5. The molecule has 2 N–H and O–H groups in total. The van der Waals surface area contributed by atoms with Gasteiger partial charge in [-0.15, -0.1) is 0 Å². The summed E-state index contributed by atoms with van der Waals surface area (Å²) >= 11 is 0. The number of ketones is 1. The van der Waals surface area contributed by atoms with Gasteiger partial charge in [-0.1, -0.05) is 80.0 Å². The fourth-order valence-corrected chi connectivity index (χ4v) is 15.5. The van der Waals surface area contributed by atoms with Crippen LogP contribution in [0.4, 0.5) is 0 Å². The molecule has 342 valence electrons. The number of carboxylic acid groups (broad SMARTS) is 1. The molecule has 5 saturated carbocycles. The van der Waals surface area contributed by atoms with Crippen molar-refractivity contribution in [1.29, 1.82) is 0 Å². The molecule has 1 saturated heterocycles. The van der Waals surface area contributed by atoms with E-state index in [4.69, 9.17) is 14.2 Å². The molecule has 8 rings (SSSR count). The van der Waals surface area contributed by atoms with Gasteiger partial charge in [-0.05, 0) is 126 Å². The Morgan fingerprint density at radius 1 is 0.855 bits per heavy atom. The van der Waals surface area contributed by atoms with E-state index >= 15 is 0 Å². The first kappa shape index (κ1) is 45.3. The highest BCUT2D eigenvalue weighted by Crippen LogP contribution is 2.77. The Kier molecular flexibility index (Phi) is 11.9. The van der Waals surface area contributed by atoms with Gasteiger partial charge in [0.05, 0.1) is 25.0 Å². The lowest BCUT2D eigenvalue weighted by Crippen LogP contribution is -2.66. The largest absolute Gasteiger partial charge is 0.492 e. The Bertz CT molecular complexity index is 1950. The molecule has 6 fully saturated rings. The van der Waals surface area contributed by atoms with Crippen molar-refractivity contribution in [2.45, 2.75) is 146 Å². The van der Waals surface area contributed by atoms with Crippen molar-refractivity contribution in [3.8, 4) is 5.75 Å². The van der Waals surface area contributed by atoms with Gasteiger partial charge < -0.3 is 24.6 Å². The van der Waals surface area contributed by atoms with Crippen LogP contribution in [0.15, 0.2) is 35.4 Å². The number of hydrogen-bond donors (Lipinski definition) is 2. The molecule has 10 nitrogen and oxygen atoms in total. The predicted octanol–water partition coefficient (Wildman–Crippen LogP) is 9.04. The van der Waals surface area contributed by atoms with Crippen LogP contribution in [-0.2, 0) is 35.2 Å². The number of carbonyl (C=O) groups excluding carboxylic acids is 3. The number of esters is 1. The highest BCUT2D eigenvalue weighted by molar-refractivity contribution is 6.01. The molecule has 1 aromatic rings. The third-order valence-corrected chi connectivity index (χ3v) is 19.3. The average Bonchev–Trinajstić information content (AvgIpc) is 3.50. The normalized spacial score (nSPS) is 38.5. The van der Waals surface area contributed by atoms with Gasteiger partial charge in [0.2, 0.25) is 5.91 Å². The summed E-state index contributed by atoms with van der Waals surface area (Å²) in [7, 11) is 0. The third-order valence-electron chi connectivity index (χ3n) is 19.3. The van der Waals surface area contributed by atoms with Crippen LogP contribution in [0.5, 0.6) is 5.75 Å². The molecule has 0 unspecified atom stereocenters. The molecule has 0 bridgehead atoms. The van der Waals surface area contributed by atoms with E-state index in [2.05, 4.69) is 58.7 Å². The Labute approximate surface area is 371 Å². The first-order valence-corrected chi connectivity index (χ1v) is 24.2. The maximum absolute atomic E-state index is 14.2. The number of nitrogens with zero attached hydrogens (tertiary/aromatic N) is 1. The summed E-state index contributed by atoms with van der Waals surface area (Å²) in [6.07, 6.45) is 8.90. The Morgan fingerprint density at radius 3 is 2.23 bits per heavy atom. The zero-order valence-electron chi connectivity index (χ0n) is 39.3. The number of carbonyl (C=O) groups is 4. The second-order valence-electron chi connectivity index (χ2n) is 23.2. The molecular formula is C52H76N2O8. The van der Waals surface area contributed by atoms with E-state index in [1.165, 1.54) is 5.57 Å². The topological polar surface area (TPSA) is 131 Å². The fraction of sp³-hybridized carbons (Fsp3) is 0.769. The highest BCUT2D eigenvalue weighted by Gasteiger charge is 2.70. The summed E-state index contributed by atoms with van der Waals surface area (Å²) in [5.41, 5.74) is 2.20. The number of nitrogens with one attached hydrogen (secondary N) is 1. The van der Waals surface area contributed by atoms with E-state index < -0.39 is 22.7 Å². The summed E-state index contributed by atoms with van der Waals surface area (Å²) in [6.45, 7) is 25.8. The minimum atomic E-state index is -0.831. The quantitative estimate of drug-likeness (QED) is 0.198. The van der Waals surface area contributed by atoms with Gasteiger partial charge >= 0.3 is 11.9 Å². The molecule has 62 heavy (non-hydrogen) atoms. The Hall–Kier alpha value is -3.24. The van der Waals surface area contributed by atoms with Gasteiger partial charge in [0.25, 0.3) is 0 Å². The minimum absolute atomic E-state index is 0.0140. The summed E-state index contributed by atoms with van der Waals surface area (Å²) in [6, 6.07) is 8.01. The summed E-state index contributed by atoms with van der Waals surface area (Å²) in [5.74, 6) is 0.380. The van der Waals surface area contributed by atoms with E-state index in [0.717, 1.165) is 101 Å². The molecule has 1 aromatic carbocycles. The van der Waals surface area contributed by atoms with E-state index in [1.54, 1.807) is 0 Å². The van der Waals surface area contributed by atoms with Gasteiger partial charge in [-0.2, -0.15) is 0 Å². The van der Waals surface area contributed by atoms with E-state index in [0.29, 0.717) is 44.2 Å². The van der Waals surface area contributed by atoms with Crippen LogP contribution in [0.1, 0.15) is 139 Å². The molecule has 0 aromatic heterocycles. The van der Waals surface area contributed by atoms with Gasteiger partial charge in [-0.3, -0.25) is 24.1 Å². The summed E-state index contributed by atoms with van der Waals surface area (Å²) in [5, 5.41) is 12.9. The average molecular weight is 857 g/mol. The smallest absolute Gasteiger partial charge is 0.309 e. The molecule has 10 atom stereocenters. The van der Waals surface area contributed by atoms with Crippen LogP contribution in [0.2, 0.25) is 0 Å². The van der Waals surface area contributed by atoms with E-state index in [9.17, 15) is 24.3 Å². The summed E-state index contributed by atoms with van der Waals surface area (Å²) < 4.78 is 17.9. The van der Waals surface area contributed by atoms with Crippen LogP contribution in [0.25, 0.3) is 0 Å². The number of allylic oxidation sites excluding steroid dienone is 2. The number of benzene rings is 1. The molecule has 1 aliphatic heterocycles. The number of carboxylic acids is 1. The number of ether oxygens (including phenoxy) is 3. The first-order chi connectivity index (χ1) is 29.2. The second-order valence-corrected chi connectivity index (χ2v) is 23.2. The van der Waals surface area contributed by atoms with Crippen LogP contribution in [-0.4, -0.2) is 79.2 Å². The lowest BCUT2D eigenvalue weighted by molar-refractivity contribution is -0.236. The monoisotopic (exact) mass is 857 g/mol. The first-order valence-electron chi connectivity index (χ1n) is 24.2. The second kappa shape index (κ2) is 16.3. The predicted molar refractivity (Wildman–Crippen MR) is 238 cm³/mol. The number of amides is 1. The zero-order valence-corrected chi connectivity index (χ0v) is 39.3. The number of rotatable bonds is 12. The summed E-state index contributed by atoms with van der Waals surface area (Å²) in [4.78, 5) is 56.1. The molecule has 7 aliphatic rings. The van der Waals surface area contributed by atoms with Gasteiger partial charge in [0, 0.05) is 49.9 Å². The maximum Gasteiger partial charge on any atom is 0.309 e. The van der Waals surface area contributed by atoms with Crippen molar-refractivity contribution in [3.63, 3.8) is 0 Å². The number of hydrogen-bond acceptors (Lipinski definition) is 8. The van der Waals surface area contributed by atoms with Crippen molar-refractivity contribution in [1.82, 2.24) is 10.2 Å². The van der Waals surface area contributed by atoms with Crippen molar-refractivity contribution in [2.24, 2.45) is 68.0 Å². The third kappa shape index (κ3) is 7.37. The van der Waals surface area contributed by atoms with Crippen molar-refractivity contribution in [2.75, 3.05) is 39.5 Å². The lowest BCUT2D eigenvalue weighted by Gasteiger charge is -2.72. The standard InChI is InChI=1S/C52H76N2O8/c1-32(2)43-38(55)29-52(30-42(56)53-31-33-10-12-34(13-11-33)61-27-24-54-22-25-60-26-23-54)21-20-50(8)35(44(43)52)14-15-40-49(7)18-17-41(48(5,6)39(49)16-19-51(40,50)9)62-46(59)37-28-36(45(57)58)47(37,3)4/h10-13,32,35-37,39-41H,14-31H2,1-9H3,(H,53,56)(H,57,58)/t35-,36+,37-,39+,40-,41+,49+,50-,51-,52+/m1/s1. The Morgan fingerprint density at radius 2 is 1.56 bits per heavy atom. The number of morpholine rings is 1. The molecule has 0 spiro atoms. The van der Waals surface area contributed by atoms with Crippen molar-refractivity contribution < 1.29 is 38.5 Å². The molecule has 0 radical (unpaired) electrons. The van der Waals surface area contributed by atoms with Crippen molar-refractivity contribution in [3.05, 3.63) is 41.0 Å². The van der Waals surface area contributed by atoms with E-state index in [-0.39, 0.29) is 63.2 Å². The molecular weight excluding hydrogens is 781 g/mol. The maximum atomic E-state index is 14.2. The zero-order chi connectivity index (χ0) is 44.6. The number of fused-ring (bicyclic) bond motifs is 7. The van der Waals surface area contributed by atoms with Gasteiger partial charge in [0.15, 0.2) is 5.78 Å². The number of aliphatic carboxylic acids is 1. The SMILES string of the molecule is CC(C)C1=C2[C@H]3CC[C@@H]4[C@@]5(C)CC[C@H](OC(=O)[C@H]6C[C@@H](C(=O)O)C6(C)C)C(C)(C)[C@@H]5CC[C@@]4(C)[C@]3(C)CC[C@@]2(CC(=O)NCc2ccc(OCCN3CCOCC3)cc2)CC1=O. The van der Waals surface area contributed by atoms with Crippen LogP contribution in [0, 0.1) is 68.0 Å². The van der Waals surface area contributed by atoms with Gasteiger partial charge in [0.1, 0.15) is 18.5 Å². The van der Waals surface area contributed by atoms with Crippen LogP contribution < -0.4 is 10.1 Å².